The van der Waals surface area contributed by atoms with Gasteiger partial charge in [0.2, 0.25) is 11.8 Å². The lowest BCUT2D eigenvalue weighted by atomic mass is 10.1. The summed E-state index contributed by atoms with van der Waals surface area (Å²) in [6.07, 6.45) is 5.78. The zero-order chi connectivity index (χ0) is 18.2. The summed E-state index contributed by atoms with van der Waals surface area (Å²) >= 11 is 0. The summed E-state index contributed by atoms with van der Waals surface area (Å²) in [7, 11) is 0. The van der Waals surface area contributed by atoms with Gasteiger partial charge in [-0.2, -0.15) is 0 Å². The first-order chi connectivity index (χ1) is 12.7. The molecule has 1 aromatic carbocycles. The number of piperidine rings is 1. The number of halogens is 1. The monoisotopic (exact) mass is 357 g/mol. The number of carbonyl (C=O) groups is 1. The Morgan fingerprint density at radius 3 is 2.77 bits per heavy atom. The Morgan fingerprint density at radius 2 is 1.96 bits per heavy atom. The molecule has 138 valence electrons. The third-order valence-electron chi connectivity index (χ3n) is 4.47. The molecule has 1 aromatic heterocycles. The predicted molar refractivity (Wildman–Crippen MR) is 97.5 cm³/mol. The second kappa shape index (κ2) is 9.29. The molecular formula is C20H24FN3O2. The second-order valence-electron chi connectivity index (χ2n) is 6.43. The summed E-state index contributed by atoms with van der Waals surface area (Å²) in [5, 5.41) is 2.90. The van der Waals surface area contributed by atoms with Gasteiger partial charge in [-0.15, -0.1) is 0 Å². The first-order valence-corrected chi connectivity index (χ1v) is 9.08. The Morgan fingerprint density at radius 1 is 1.15 bits per heavy atom. The van der Waals surface area contributed by atoms with Gasteiger partial charge in [-0.3, -0.25) is 4.79 Å². The highest BCUT2D eigenvalue weighted by molar-refractivity contribution is 5.76. The maximum atomic E-state index is 13.8. The molecule has 2 heterocycles. The van der Waals surface area contributed by atoms with Gasteiger partial charge in [0.25, 0.3) is 0 Å². The van der Waals surface area contributed by atoms with E-state index in [9.17, 15) is 9.18 Å². The van der Waals surface area contributed by atoms with Crippen molar-refractivity contribution in [3.8, 4) is 11.6 Å². The number of benzene rings is 1. The smallest absolute Gasteiger partial charge is 0.224 e. The number of aromatic nitrogens is 1. The van der Waals surface area contributed by atoms with Crippen LogP contribution in [-0.2, 0) is 11.3 Å². The van der Waals surface area contributed by atoms with Crippen LogP contribution in [0.15, 0.2) is 42.6 Å². The van der Waals surface area contributed by atoms with Crippen molar-refractivity contribution in [1.29, 1.82) is 0 Å². The minimum absolute atomic E-state index is 0.00346. The predicted octanol–water partition coefficient (Wildman–Crippen LogP) is 3.51. The van der Waals surface area contributed by atoms with Gasteiger partial charge < -0.3 is 15.0 Å². The number of ether oxygens (including phenoxy) is 1. The van der Waals surface area contributed by atoms with Crippen molar-refractivity contribution in [2.45, 2.75) is 32.2 Å². The highest BCUT2D eigenvalue weighted by atomic mass is 19.1. The van der Waals surface area contributed by atoms with Crippen LogP contribution in [0.2, 0.25) is 0 Å². The lowest BCUT2D eigenvalue weighted by Gasteiger charge is -2.25. The Bertz CT molecular complexity index is 733. The summed E-state index contributed by atoms with van der Waals surface area (Å²) < 4.78 is 19.4. The van der Waals surface area contributed by atoms with E-state index in [0.717, 1.165) is 19.6 Å². The molecule has 1 aliphatic heterocycles. The Hall–Kier alpha value is -2.47. The first-order valence-electron chi connectivity index (χ1n) is 9.08. The number of hydrogen-bond acceptors (Lipinski definition) is 4. The molecule has 1 saturated heterocycles. The molecule has 2 aromatic rings. The largest absolute Gasteiger partial charge is 0.436 e. The van der Waals surface area contributed by atoms with E-state index in [2.05, 4.69) is 15.2 Å². The molecule has 0 unspecified atom stereocenters. The van der Waals surface area contributed by atoms with E-state index in [1.54, 1.807) is 30.5 Å². The van der Waals surface area contributed by atoms with E-state index in [1.807, 2.05) is 6.07 Å². The average molecular weight is 357 g/mol. The van der Waals surface area contributed by atoms with Gasteiger partial charge in [-0.25, -0.2) is 9.37 Å². The number of nitrogens with zero attached hydrogens (tertiary/aromatic N) is 2. The molecule has 1 fully saturated rings. The van der Waals surface area contributed by atoms with Crippen LogP contribution in [0.25, 0.3) is 0 Å². The van der Waals surface area contributed by atoms with E-state index in [1.165, 1.54) is 25.3 Å². The van der Waals surface area contributed by atoms with Crippen molar-refractivity contribution in [3.63, 3.8) is 0 Å². The van der Waals surface area contributed by atoms with Crippen LogP contribution in [0.3, 0.4) is 0 Å². The van der Waals surface area contributed by atoms with Crippen LogP contribution in [0, 0.1) is 5.82 Å². The lowest BCUT2D eigenvalue weighted by Crippen LogP contribution is -2.34. The number of pyridine rings is 1. The van der Waals surface area contributed by atoms with Crippen molar-refractivity contribution < 1.29 is 13.9 Å². The lowest BCUT2D eigenvalue weighted by molar-refractivity contribution is -0.121. The van der Waals surface area contributed by atoms with Crippen LogP contribution < -0.4 is 10.1 Å². The fourth-order valence-corrected chi connectivity index (χ4v) is 3.01. The van der Waals surface area contributed by atoms with Crippen molar-refractivity contribution >= 4 is 5.91 Å². The van der Waals surface area contributed by atoms with E-state index >= 15 is 0 Å². The SMILES string of the molecule is O=C(CCN1CCCCC1)NCc1cccnc1Oc1ccccc1F. The quantitative estimate of drug-likeness (QED) is 0.824. The van der Waals surface area contributed by atoms with Crippen molar-refractivity contribution in [2.75, 3.05) is 19.6 Å². The van der Waals surface area contributed by atoms with Crippen LogP contribution in [0.1, 0.15) is 31.2 Å². The molecule has 5 nitrogen and oxygen atoms in total. The molecule has 0 aliphatic carbocycles. The number of hydrogen-bond donors (Lipinski definition) is 1. The minimum atomic E-state index is -0.449. The van der Waals surface area contributed by atoms with Crippen LogP contribution >= 0.6 is 0 Å². The number of nitrogens with one attached hydrogen (secondary N) is 1. The molecule has 0 saturated carbocycles. The Balaban J connectivity index is 1.53. The third kappa shape index (κ3) is 5.26. The summed E-state index contributed by atoms with van der Waals surface area (Å²) in [6, 6.07) is 9.76. The van der Waals surface area contributed by atoms with Crippen LogP contribution in [-0.4, -0.2) is 35.4 Å². The average Bonchev–Trinajstić information content (AvgIpc) is 2.68. The topological polar surface area (TPSA) is 54.5 Å². The van der Waals surface area contributed by atoms with Gasteiger partial charge in [0.1, 0.15) is 0 Å². The van der Waals surface area contributed by atoms with Crippen molar-refractivity contribution in [1.82, 2.24) is 15.2 Å². The first kappa shape index (κ1) is 18.3. The van der Waals surface area contributed by atoms with Gasteiger partial charge in [-0.05, 0) is 44.1 Å². The van der Waals surface area contributed by atoms with Gasteiger partial charge >= 0.3 is 0 Å². The molecule has 3 rings (SSSR count). The molecule has 26 heavy (non-hydrogen) atoms. The fraction of sp³-hybridized carbons (Fsp3) is 0.400. The number of amides is 1. The number of carbonyl (C=O) groups excluding carboxylic acids is 1. The Kier molecular flexibility index (Phi) is 6.55. The summed E-state index contributed by atoms with van der Waals surface area (Å²) in [5.74, 6) is -0.0382. The minimum Gasteiger partial charge on any atom is -0.436 e. The van der Waals surface area contributed by atoms with Gasteiger partial charge in [0, 0.05) is 31.3 Å². The van der Waals surface area contributed by atoms with Gasteiger partial charge in [-0.1, -0.05) is 24.6 Å². The fourth-order valence-electron chi connectivity index (χ4n) is 3.01. The number of rotatable bonds is 7. The molecule has 6 heteroatoms. The summed E-state index contributed by atoms with van der Waals surface area (Å²) in [4.78, 5) is 18.6. The third-order valence-corrected chi connectivity index (χ3v) is 4.47. The standard InChI is InChI=1S/C20H24FN3O2/c21-17-8-2-3-9-18(17)26-20-16(7-6-11-22-20)15-23-19(25)10-14-24-12-4-1-5-13-24/h2-3,6-9,11H,1,4-5,10,12-15H2,(H,23,25). The van der Waals surface area contributed by atoms with E-state index in [0.29, 0.717) is 24.4 Å². The molecule has 1 aliphatic rings. The van der Waals surface area contributed by atoms with Crippen molar-refractivity contribution in [2.24, 2.45) is 0 Å². The summed E-state index contributed by atoms with van der Waals surface area (Å²) in [5.41, 5.74) is 0.710. The molecule has 0 atom stereocenters. The highest BCUT2D eigenvalue weighted by Crippen LogP contribution is 2.25. The number of likely N-dealkylation sites (tertiary alicyclic amines) is 1. The maximum Gasteiger partial charge on any atom is 0.224 e. The maximum absolute atomic E-state index is 13.8. The highest BCUT2D eigenvalue weighted by Gasteiger charge is 2.13. The second-order valence-corrected chi connectivity index (χ2v) is 6.43. The molecule has 0 radical (unpaired) electrons. The molecule has 1 amide bonds. The van der Waals surface area contributed by atoms with E-state index in [4.69, 9.17) is 4.74 Å². The normalized spacial score (nSPS) is 14.8. The van der Waals surface area contributed by atoms with Crippen molar-refractivity contribution in [3.05, 3.63) is 54.0 Å². The zero-order valence-electron chi connectivity index (χ0n) is 14.8. The van der Waals surface area contributed by atoms with E-state index in [-0.39, 0.29) is 11.7 Å². The van der Waals surface area contributed by atoms with Crippen LogP contribution in [0.4, 0.5) is 4.39 Å². The van der Waals surface area contributed by atoms with Gasteiger partial charge in [0.05, 0.1) is 0 Å². The molecular weight excluding hydrogens is 333 g/mol. The summed E-state index contributed by atoms with van der Waals surface area (Å²) in [6.45, 7) is 3.25. The number of para-hydroxylation sites is 1. The molecule has 1 N–H and O–H groups in total. The molecule has 0 bridgehead atoms. The molecule has 0 spiro atoms. The van der Waals surface area contributed by atoms with E-state index < -0.39 is 5.82 Å². The Labute approximate surface area is 153 Å². The van der Waals surface area contributed by atoms with Crippen LogP contribution in [0.5, 0.6) is 11.6 Å². The van der Waals surface area contributed by atoms with Gasteiger partial charge in [0.15, 0.2) is 11.6 Å². The zero-order valence-corrected chi connectivity index (χ0v) is 14.8.